The molecule has 1 rings (SSSR count). The number of hydroxylamine groups is 1. The molecule has 0 aliphatic carbocycles. The van der Waals surface area contributed by atoms with E-state index in [-0.39, 0.29) is 18.2 Å². The Balaban J connectivity index is 2.06. The molecule has 0 aromatic rings. The van der Waals surface area contributed by atoms with Crippen molar-refractivity contribution in [3.05, 3.63) is 0 Å². The van der Waals surface area contributed by atoms with Crippen molar-refractivity contribution in [2.45, 2.75) is 63.6 Å². The second-order valence-corrected chi connectivity index (χ2v) is 5.17. The average molecular weight is 301 g/mol. The van der Waals surface area contributed by atoms with E-state index in [1.165, 1.54) is 0 Å². The second kappa shape index (κ2) is 9.30. The van der Waals surface area contributed by atoms with Gasteiger partial charge in [-0.2, -0.15) is 0 Å². The van der Waals surface area contributed by atoms with Crippen LogP contribution in [0.25, 0.3) is 0 Å². The lowest BCUT2D eigenvalue weighted by molar-refractivity contribution is -0.133. The minimum Gasteiger partial charge on any atom is -0.374 e. The first-order valence-corrected chi connectivity index (χ1v) is 7.23. The molecular formula is C13H23N3O5. The Kier molecular flexibility index (Phi) is 7.70. The molecule has 0 radical (unpaired) electrons. The highest BCUT2D eigenvalue weighted by Gasteiger charge is 2.27. The molecule has 1 heterocycles. The summed E-state index contributed by atoms with van der Waals surface area (Å²) >= 11 is 0. The number of nitrogens with one attached hydrogen (secondary N) is 3. The molecule has 0 aromatic carbocycles. The number of aliphatic hydroxyl groups is 1. The molecule has 2 unspecified atom stereocenters. The molecule has 0 bridgehead atoms. The van der Waals surface area contributed by atoms with Gasteiger partial charge in [0.1, 0.15) is 12.3 Å². The molecule has 0 aromatic heterocycles. The standard InChI is InChI=1S/C13H23N3O5/c17-10(5-3-1-2-4-6-12(19)16-21)14-9-7-8-11(18)15-13(9)20/h9,11,18,21H,1-8H2,(H,14,17)(H,15,20)(H,16,19). The van der Waals surface area contributed by atoms with Crippen molar-refractivity contribution in [2.75, 3.05) is 0 Å². The van der Waals surface area contributed by atoms with E-state index in [9.17, 15) is 19.5 Å². The summed E-state index contributed by atoms with van der Waals surface area (Å²) in [4.78, 5) is 33.9. The van der Waals surface area contributed by atoms with Gasteiger partial charge in [0.05, 0.1) is 0 Å². The zero-order chi connectivity index (χ0) is 15.7. The van der Waals surface area contributed by atoms with E-state index >= 15 is 0 Å². The lowest BCUT2D eigenvalue weighted by atomic mass is 10.0. The highest BCUT2D eigenvalue weighted by Crippen LogP contribution is 2.09. The normalized spacial score (nSPS) is 21.5. The Hall–Kier alpha value is -1.67. The monoisotopic (exact) mass is 301 g/mol. The lowest BCUT2D eigenvalue weighted by Crippen LogP contribution is -2.53. The number of hydrogen-bond acceptors (Lipinski definition) is 5. The van der Waals surface area contributed by atoms with Crippen LogP contribution >= 0.6 is 0 Å². The minimum atomic E-state index is -0.818. The number of carbonyl (C=O) groups is 3. The van der Waals surface area contributed by atoms with Crippen molar-refractivity contribution in [2.24, 2.45) is 0 Å². The molecule has 8 heteroatoms. The number of hydrogen-bond donors (Lipinski definition) is 5. The fourth-order valence-corrected chi connectivity index (χ4v) is 2.18. The molecule has 1 aliphatic heterocycles. The lowest BCUT2D eigenvalue weighted by Gasteiger charge is -2.26. The van der Waals surface area contributed by atoms with E-state index in [1.54, 1.807) is 5.48 Å². The third kappa shape index (κ3) is 7.05. The molecule has 1 saturated heterocycles. The highest BCUT2D eigenvalue weighted by molar-refractivity contribution is 5.88. The van der Waals surface area contributed by atoms with Gasteiger partial charge in [-0.1, -0.05) is 12.8 Å². The molecule has 1 aliphatic rings. The summed E-state index contributed by atoms with van der Waals surface area (Å²) < 4.78 is 0. The van der Waals surface area contributed by atoms with E-state index in [1.807, 2.05) is 0 Å². The molecule has 21 heavy (non-hydrogen) atoms. The van der Waals surface area contributed by atoms with Crippen LogP contribution in [-0.4, -0.2) is 40.3 Å². The molecule has 5 N–H and O–H groups in total. The number of rotatable bonds is 8. The summed E-state index contributed by atoms with van der Waals surface area (Å²) in [5.74, 6) is -0.935. The first kappa shape index (κ1) is 17.4. The number of unbranched alkanes of at least 4 members (excludes halogenated alkanes) is 3. The van der Waals surface area contributed by atoms with Gasteiger partial charge in [0.15, 0.2) is 0 Å². The Bertz CT molecular complexity index is 375. The van der Waals surface area contributed by atoms with Gasteiger partial charge in [0.2, 0.25) is 17.7 Å². The summed E-state index contributed by atoms with van der Waals surface area (Å²) in [5.41, 5.74) is 1.57. The predicted octanol–water partition coefficient (Wildman–Crippen LogP) is -0.454. The minimum absolute atomic E-state index is 0.181. The molecule has 8 nitrogen and oxygen atoms in total. The van der Waals surface area contributed by atoms with E-state index in [0.29, 0.717) is 32.1 Å². The fraction of sp³-hybridized carbons (Fsp3) is 0.769. The smallest absolute Gasteiger partial charge is 0.244 e. The van der Waals surface area contributed by atoms with Crippen LogP contribution in [0, 0.1) is 0 Å². The van der Waals surface area contributed by atoms with Gasteiger partial charge in [0.25, 0.3) is 0 Å². The van der Waals surface area contributed by atoms with Crippen molar-refractivity contribution in [3.63, 3.8) is 0 Å². The molecule has 1 fully saturated rings. The van der Waals surface area contributed by atoms with Crippen molar-refractivity contribution < 1.29 is 24.7 Å². The van der Waals surface area contributed by atoms with Crippen LogP contribution in [0.15, 0.2) is 0 Å². The third-order valence-corrected chi connectivity index (χ3v) is 3.37. The predicted molar refractivity (Wildman–Crippen MR) is 72.9 cm³/mol. The average Bonchev–Trinajstić information content (AvgIpc) is 2.45. The van der Waals surface area contributed by atoms with Crippen LogP contribution in [0.3, 0.4) is 0 Å². The third-order valence-electron chi connectivity index (χ3n) is 3.37. The van der Waals surface area contributed by atoms with Crippen LogP contribution in [0.5, 0.6) is 0 Å². The molecule has 120 valence electrons. The first-order valence-electron chi connectivity index (χ1n) is 7.23. The number of carbonyl (C=O) groups excluding carboxylic acids is 3. The summed E-state index contributed by atoms with van der Waals surface area (Å²) in [5, 5.41) is 22.6. The van der Waals surface area contributed by atoms with Crippen molar-refractivity contribution in [1.29, 1.82) is 0 Å². The molecule has 0 spiro atoms. The maximum atomic E-state index is 11.7. The topological polar surface area (TPSA) is 128 Å². The van der Waals surface area contributed by atoms with Crippen LogP contribution < -0.4 is 16.1 Å². The van der Waals surface area contributed by atoms with Crippen LogP contribution in [-0.2, 0) is 14.4 Å². The van der Waals surface area contributed by atoms with Gasteiger partial charge in [-0.25, -0.2) is 5.48 Å². The zero-order valence-corrected chi connectivity index (χ0v) is 11.9. The molecular weight excluding hydrogens is 278 g/mol. The van der Waals surface area contributed by atoms with E-state index in [2.05, 4.69) is 10.6 Å². The van der Waals surface area contributed by atoms with E-state index in [0.717, 1.165) is 12.8 Å². The number of piperidine rings is 1. The van der Waals surface area contributed by atoms with Crippen molar-refractivity contribution in [3.8, 4) is 0 Å². The van der Waals surface area contributed by atoms with Gasteiger partial charge in [-0.3, -0.25) is 19.6 Å². The first-order chi connectivity index (χ1) is 10.0. The molecule has 2 atom stereocenters. The Morgan fingerprint density at radius 2 is 1.71 bits per heavy atom. The van der Waals surface area contributed by atoms with Gasteiger partial charge in [-0.05, 0) is 25.7 Å². The van der Waals surface area contributed by atoms with Crippen molar-refractivity contribution in [1.82, 2.24) is 16.1 Å². The quantitative estimate of drug-likeness (QED) is 0.235. The maximum absolute atomic E-state index is 11.7. The van der Waals surface area contributed by atoms with E-state index < -0.39 is 18.2 Å². The number of aliphatic hydroxyl groups excluding tert-OH is 1. The number of amides is 3. The zero-order valence-electron chi connectivity index (χ0n) is 11.9. The Morgan fingerprint density at radius 3 is 2.29 bits per heavy atom. The molecule has 0 saturated carbocycles. The van der Waals surface area contributed by atoms with Crippen LogP contribution in [0.2, 0.25) is 0 Å². The highest BCUT2D eigenvalue weighted by atomic mass is 16.5. The van der Waals surface area contributed by atoms with Crippen molar-refractivity contribution >= 4 is 17.7 Å². The summed E-state index contributed by atoms with van der Waals surface area (Å²) in [6.07, 6.45) is 3.62. The SMILES string of the molecule is O=C(CCCCCCC(=O)NC1CCC(O)NC1=O)NO. The summed E-state index contributed by atoms with van der Waals surface area (Å²) in [7, 11) is 0. The van der Waals surface area contributed by atoms with Crippen LogP contribution in [0.1, 0.15) is 51.4 Å². The summed E-state index contributed by atoms with van der Waals surface area (Å²) in [6.45, 7) is 0. The Morgan fingerprint density at radius 1 is 1.10 bits per heavy atom. The van der Waals surface area contributed by atoms with Gasteiger partial charge in [0, 0.05) is 12.8 Å². The van der Waals surface area contributed by atoms with Crippen LogP contribution in [0.4, 0.5) is 0 Å². The Labute approximate surface area is 123 Å². The van der Waals surface area contributed by atoms with Gasteiger partial charge < -0.3 is 15.7 Å². The fourth-order valence-electron chi connectivity index (χ4n) is 2.18. The largest absolute Gasteiger partial charge is 0.374 e. The van der Waals surface area contributed by atoms with Gasteiger partial charge in [-0.15, -0.1) is 0 Å². The second-order valence-electron chi connectivity index (χ2n) is 5.17. The van der Waals surface area contributed by atoms with E-state index in [4.69, 9.17) is 5.21 Å². The molecule has 3 amide bonds. The van der Waals surface area contributed by atoms with Gasteiger partial charge >= 0.3 is 0 Å². The summed E-state index contributed by atoms with van der Waals surface area (Å²) in [6, 6.07) is -0.561. The maximum Gasteiger partial charge on any atom is 0.244 e.